The van der Waals surface area contributed by atoms with Gasteiger partial charge in [0.2, 0.25) is 17.6 Å². The van der Waals surface area contributed by atoms with Crippen LogP contribution >= 0.6 is 0 Å². The minimum absolute atomic E-state index is 0.0246. The van der Waals surface area contributed by atoms with Gasteiger partial charge in [0.15, 0.2) is 0 Å². The van der Waals surface area contributed by atoms with E-state index in [9.17, 15) is 18.8 Å². The Bertz CT molecular complexity index is 1340. The molecule has 3 N–H and O–H groups in total. The van der Waals surface area contributed by atoms with Crippen molar-refractivity contribution in [2.45, 2.75) is 88.5 Å². The molecular weight excluding hydrogens is 581 g/mol. The molecule has 11 heteroatoms. The highest BCUT2D eigenvalue weighted by atomic mass is 19.1. The van der Waals surface area contributed by atoms with Gasteiger partial charge in [-0.3, -0.25) is 9.59 Å². The van der Waals surface area contributed by atoms with Crippen LogP contribution < -0.4 is 11.1 Å². The molecule has 4 atom stereocenters. The molecule has 4 fully saturated rings. The Hall–Kier alpha value is -3.02. The lowest BCUT2D eigenvalue weighted by molar-refractivity contribution is -0.142. The van der Waals surface area contributed by atoms with Crippen molar-refractivity contribution in [2.24, 2.45) is 29.4 Å². The third-order valence-electron chi connectivity index (χ3n) is 10.7. The first-order valence-electron chi connectivity index (χ1n) is 16.6. The summed E-state index contributed by atoms with van der Waals surface area (Å²) in [6.45, 7) is 0.952. The van der Waals surface area contributed by atoms with Crippen LogP contribution in [0.4, 0.5) is 10.1 Å². The van der Waals surface area contributed by atoms with E-state index >= 15 is 0 Å². The number of likely N-dealkylation sites (tertiary alicyclic amines) is 1. The number of carbonyl (C=O) groups excluding carboxylic acids is 3. The van der Waals surface area contributed by atoms with Gasteiger partial charge in [0.1, 0.15) is 24.4 Å². The highest BCUT2D eigenvalue weighted by Gasteiger charge is 2.47. The molecule has 45 heavy (non-hydrogen) atoms. The Labute approximate surface area is 263 Å². The van der Waals surface area contributed by atoms with Crippen LogP contribution in [0.25, 0.3) is 11.0 Å². The molecule has 1 aromatic heterocycles. The largest absolute Gasteiger partial charge is 0.454 e. The quantitative estimate of drug-likeness (QED) is 0.378. The number of benzene rings is 1. The normalized spacial score (nSPS) is 31.2. The summed E-state index contributed by atoms with van der Waals surface area (Å²) >= 11 is 0. The number of amides is 2. The highest BCUT2D eigenvalue weighted by molar-refractivity contribution is 6.00. The molecule has 2 amide bonds. The van der Waals surface area contributed by atoms with Crippen LogP contribution in [-0.4, -0.2) is 80.5 Å². The van der Waals surface area contributed by atoms with Gasteiger partial charge in [-0.2, -0.15) is 0 Å². The van der Waals surface area contributed by atoms with Gasteiger partial charge in [-0.05, 0) is 99.8 Å². The van der Waals surface area contributed by atoms with E-state index in [2.05, 4.69) is 5.32 Å². The van der Waals surface area contributed by atoms with Crippen molar-refractivity contribution in [1.82, 2.24) is 4.90 Å². The molecule has 6 rings (SSSR count). The molecule has 2 saturated heterocycles. The maximum absolute atomic E-state index is 14.1. The molecule has 0 bridgehead atoms. The van der Waals surface area contributed by atoms with Crippen LogP contribution in [0.3, 0.4) is 0 Å². The SMILES string of the molecule is COC1CCC([C@@H]2CCN(C(=O)C3CCC([C@H](N)CF)CC3)[C@@H]2C(=O)Nc2ccc3oc(C(=O)OC4CCOC4)cc3c2)CC1. The molecule has 2 aliphatic carbocycles. The summed E-state index contributed by atoms with van der Waals surface area (Å²) in [6.07, 6.45) is 8.04. The zero-order chi connectivity index (χ0) is 31.5. The van der Waals surface area contributed by atoms with E-state index in [0.29, 0.717) is 61.6 Å². The highest BCUT2D eigenvalue weighted by Crippen LogP contribution is 2.42. The molecule has 3 heterocycles. The summed E-state index contributed by atoms with van der Waals surface area (Å²) in [6, 6.07) is 5.82. The van der Waals surface area contributed by atoms with E-state index in [0.717, 1.165) is 44.9 Å². The van der Waals surface area contributed by atoms with Crippen molar-refractivity contribution >= 4 is 34.4 Å². The lowest BCUT2D eigenvalue weighted by Crippen LogP contribution is -2.50. The van der Waals surface area contributed by atoms with Gasteiger partial charge in [0, 0.05) is 43.1 Å². The lowest BCUT2D eigenvalue weighted by atomic mass is 9.75. The third-order valence-corrected chi connectivity index (χ3v) is 10.7. The van der Waals surface area contributed by atoms with Crippen molar-refractivity contribution in [1.29, 1.82) is 0 Å². The summed E-state index contributed by atoms with van der Waals surface area (Å²) in [5.41, 5.74) is 7.04. The minimum Gasteiger partial charge on any atom is -0.454 e. The van der Waals surface area contributed by atoms with Gasteiger partial charge in [-0.1, -0.05) is 0 Å². The van der Waals surface area contributed by atoms with Gasteiger partial charge in [-0.15, -0.1) is 0 Å². The van der Waals surface area contributed by atoms with Crippen molar-refractivity contribution in [3.63, 3.8) is 0 Å². The Balaban J connectivity index is 1.17. The van der Waals surface area contributed by atoms with Crippen LogP contribution in [0, 0.1) is 23.7 Å². The number of rotatable bonds is 9. The van der Waals surface area contributed by atoms with Gasteiger partial charge >= 0.3 is 5.97 Å². The molecule has 2 aromatic rings. The van der Waals surface area contributed by atoms with E-state index in [1.165, 1.54) is 0 Å². The van der Waals surface area contributed by atoms with Crippen molar-refractivity contribution < 1.29 is 37.4 Å². The van der Waals surface area contributed by atoms with E-state index in [-0.39, 0.29) is 47.5 Å². The Morgan fingerprint density at radius 2 is 1.80 bits per heavy atom. The zero-order valence-corrected chi connectivity index (χ0v) is 26.1. The van der Waals surface area contributed by atoms with Crippen LogP contribution in [-0.2, 0) is 23.8 Å². The number of furan rings is 1. The fraction of sp³-hybridized carbons (Fsp3) is 0.676. The van der Waals surface area contributed by atoms with Gasteiger partial charge < -0.3 is 34.6 Å². The molecule has 0 radical (unpaired) electrons. The van der Waals surface area contributed by atoms with E-state index in [1.807, 2.05) is 4.90 Å². The number of halogens is 1. The first-order chi connectivity index (χ1) is 21.8. The number of fused-ring (bicyclic) bond motifs is 1. The topological polar surface area (TPSA) is 133 Å². The minimum atomic E-state index is -0.577. The first-order valence-corrected chi connectivity index (χ1v) is 16.6. The van der Waals surface area contributed by atoms with E-state index < -0.39 is 24.7 Å². The Morgan fingerprint density at radius 1 is 1.02 bits per heavy atom. The number of methoxy groups -OCH3 is 1. The number of nitrogens with two attached hydrogens (primary N) is 1. The van der Waals surface area contributed by atoms with Crippen LogP contribution in [0.2, 0.25) is 0 Å². The molecule has 2 aliphatic heterocycles. The average molecular weight is 628 g/mol. The molecule has 4 aliphatic rings. The number of carbonyl (C=O) groups is 3. The number of nitrogens with one attached hydrogen (secondary N) is 1. The Kier molecular flexibility index (Phi) is 10.1. The molecular formula is C34H46FN3O7. The van der Waals surface area contributed by atoms with Crippen LogP contribution in [0.1, 0.15) is 74.8 Å². The lowest BCUT2D eigenvalue weighted by Gasteiger charge is -2.37. The second-order valence-corrected chi connectivity index (χ2v) is 13.4. The monoisotopic (exact) mass is 627 g/mol. The van der Waals surface area contributed by atoms with Gasteiger partial charge in [-0.25, -0.2) is 9.18 Å². The third kappa shape index (κ3) is 7.05. The molecule has 1 unspecified atom stereocenters. The number of esters is 1. The first kappa shape index (κ1) is 31.9. The number of ether oxygens (including phenoxy) is 3. The van der Waals surface area contributed by atoms with Gasteiger partial charge in [0.25, 0.3) is 0 Å². The van der Waals surface area contributed by atoms with Crippen molar-refractivity contribution in [2.75, 3.05) is 38.9 Å². The second kappa shape index (κ2) is 14.2. The summed E-state index contributed by atoms with van der Waals surface area (Å²) in [7, 11) is 1.75. The maximum Gasteiger partial charge on any atom is 0.374 e. The average Bonchev–Trinajstić information content (AvgIpc) is 3.84. The second-order valence-electron chi connectivity index (χ2n) is 13.4. The van der Waals surface area contributed by atoms with E-state index in [4.69, 9.17) is 24.4 Å². The van der Waals surface area contributed by atoms with Crippen LogP contribution in [0.5, 0.6) is 0 Å². The van der Waals surface area contributed by atoms with Crippen molar-refractivity contribution in [3.8, 4) is 0 Å². The Morgan fingerprint density at radius 3 is 2.49 bits per heavy atom. The fourth-order valence-electron chi connectivity index (χ4n) is 8.05. The number of hydrogen-bond donors (Lipinski definition) is 2. The summed E-state index contributed by atoms with van der Waals surface area (Å²) < 4.78 is 35.3. The van der Waals surface area contributed by atoms with Gasteiger partial charge in [0.05, 0.1) is 19.3 Å². The maximum atomic E-state index is 14.1. The van der Waals surface area contributed by atoms with Crippen molar-refractivity contribution in [3.05, 3.63) is 30.0 Å². The summed E-state index contributed by atoms with van der Waals surface area (Å²) in [5.74, 6) is -0.311. The molecule has 2 saturated carbocycles. The predicted molar refractivity (Wildman–Crippen MR) is 165 cm³/mol. The number of hydrogen-bond acceptors (Lipinski definition) is 8. The summed E-state index contributed by atoms with van der Waals surface area (Å²) in [4.78, 5) is 42.5. The molecule has 10 nitrogen and oxygen atoms in total. The van der Waals surface area contributed by atoms with Crippen LogP contribution in [0.15, 0.2) is 28.7 Å². The standard InChI is InChI=1S/C34H46FN3O7/c1-42-25-9-6-20(7-10-25)27-12-14-38(33(40)22-4-2-21(3-5-22)28(36)18-35)31(27)32(39)37-24-8-11-29-23(16-24)17-30(45-29)34(41)44-26-13-15-43-19-26/h8,11,16-17,20-22,25-28,31H,2-7,9-10,12-15,18-19,36H2,1H3,(H,37,39)/t20?,21?,22?,25?,26?,27-,28+,31-/m0/s1. The number of anilines is 1. The number of nitrogens with zero attached hydrogens (tertiary/aromatic N) is 1. The molecule has 1 aromatic carbocycles. The van der Waals surface area contributed by atoms with E-state index in [1.54, 1.807) is 31.4 Å². The fourth-order valence-corrected chi connectivity index (χ4v) is 8.05. The number of alkyl halides is 1. The zero-order valence-electron chi connectivity index (χ0n) is 26.1. The smallest absolute Gasteiger partial charge is 0.374 e. The molecule has 0 spiro atoms. The molecule has 246 valence electrons. The predicted octanol–water partition coefficient (Wildman–Crippen LogP) is 4.84. The summed E-state index contributed by atoms with van der Waals surface area (Å²) in [5, 5.41) is 3.76.